The molecule has 5 heteroatoms. The van der Waals surface area contributed by atoms with Gasteiger partial charge in [0.15, 0.2) is 0 Å². The molecule has 15 heavy (non-hydrogen) atoms. The summed E-state index contributed by atoms with van der Waals surface area (Å²) in [5, 5.41) is 0. The van der Waals surface area contributed by atoms with Gasteiger partial charge in [-0.05, 0) is 26.1 Å². The zero-order chi connectivity index (χ0) is 12.9. The molecule has 90 valence electrons. The van der Waals surface area contributed by atoms with Gasteiger partial charge in [-0.15, -0.1) is 0 Å². The van der Waals surface area contributed by atoms with Crippen LogP contribution in [0.25, 0.3) is 0 Å². The van der Waals surface area contributed by atoms with Crippen molar-refractivity contribution in [1.29, 1.82) is 0 Å². The Balaban J connectivity index is -0.000000318. The number of rotatable bonds is 3. The Labute approximate surface area is 92.9 Å². The maximum Gasteiger partial charge on any atom is 0.294 e. The summed E-state index contributed by atoms with van der Waals surface area (Å²) in [5.41, 5.74) is 4.50. The molecule has 3 N–H and O–H groups in total. The Hall–Kier alpha value is -0.910. The maximum absolute atomic E-state index is 10.5. The van der Waals surface area contributed by atoms with Gasteiger partial charge in [-0.3, -0.25) is 4.55 Å². The smallest absolute Gasteiger partial charge is 0.294 e. The fourth-order valence-corrected chi connectivity index (χ4v) is 0.912. The van der Waals surface area contributed by atoms with E-state index in [0.29, 0.717) is 0 Å². The Morgan fingerprint density at radius 2 is 1.73 bits per heavy atom. The van der Waals surface area contributed by atoms with Gasteiger partial charge >= 0.3 is 0 Å². The third-order valence-electron chi connectivity index (χ3n) is 0.952. The van der Waals surface area contributed by atoms with E-state index in [1.165, 1.54) is 19.2 Å². The van der Waals surface area contributed by atoms with Crippen LogP contribution in [-0.4, -0.2) is 20.0 Å². The predicted molar refractivity (Wildman–Crippen MR) is 66.1 cm³/mol. The first-order valence-electron chi connectivity index (χ1n) is 4.53. The second-order valence-electron chi connectivity index (χ2n) is 1.77. The molecule has 0 saturated heterocycles. The summed E-state index contributed by atoms with van der Waals surface area (Å²) in [6.45, 7) is 8.98. The molecule has 0 rings (SSSR count). The lowest BCUT2D eigenvalue weighted by Gasteiger charge is -1.92. The van der Waals surface area contributed by atoms with Gasteiger partial charge in [0.25, 0.3) is 10.1 Å². The summed E-state index contributed by atoms with van der Waals surface area (Å²) in [6.07, 6.45) is 5.50. The number of nitrogens with two attached hydrogens (primary N) is 1. The van der Waals surface area contributed by atoms with Crippen LogP contribution in [0, 0.1) is 0 Å². The van der Waals surface area contributed by atoms with Crippen LogP contribution in [0.1, 0.15) is 20.8 Å². The molecular formula is C10H21NO3S. The Bertz CT molecular complexity index is 290. The molecule has 0 radical (unpaired) electrons. The van der Waals surface area contributed by atoms with Crippen LogP contribution in [0.2, 0.25) is 0 Å². The summed E-state index contributed by atoms with van der Waals surface area (Å²) in [6, 6.07) is 0. The Morgan fingerprint density at radius 3 is 1.93 bits per heavy atom. The molecule has 0 spiro atoms. The minimum atomic E-state index is -4.10. The fourth-order valence-electron chi connectivity index (χ4n) is 0.450. The molecule has 0 fully saturated rings. The van der Waals surface area contributed by atoms with E-state index in [9.17, 15) is 8.42 Å². The molecule has 0 aliphatic rings. The van der Waals surface area contributed by atoms with E-state index >= 15 is 0 Å². The van der Waals surface area contributed by atoms with Crippen molar-refractivity contribution in [3.63, 3.8) is 0 Å². The normalized spacial score (nSPS) is 10.9. The highest BCUT2D eigenvalue weighted by Crippen LogP contribution is 2.04. The third kappa shape index (κ3) is 13.1. The van der Waals surface area contributed by atoms with Crippen LogP contribution < -0.4 is 5.73 Å². The topological polar surface area (TPSA) is 80.4 Å². The van der Waals surface area contributed by atoms with Gasteiger partial charge in [0.2, 0.25) is 0 Å². The number of hydrogen-bond acceptors (Lipinski definition) is 3. The predicted octanol–water partition coefficient (Wildman–Crippen LogP) is 2.12. The van der Waals surface area contributed by atoms with Crippen LogP contribution in [0.5, 0.6) is 0 Å². The molecule has 0 aromatic heterocycles. The van der Waals surface area contributed by atoms with Crippen molar-refractivity contribution < 1.29 is 13.0 Å². The lowest BCUT2D eigenvalue weighted by Crippen LogP contribution is -1.98. The third-order valence-corrected chi connectivity index (χ3v) is 1.85. The Kier molecular flexibility index (Phi) is 17.1. The molecule has 0 aromatic carbocycles. The van der Waals surface area contributed by atoms with Crippen molar-refractivity contribution >= 4 is 10.1 Å². The first kappa shape index (κ1) is 19.6. The van der Waals surface area contributed by atoms with E-state index in [-0.39, 0.29) is 4.91 Å². The SMILES string of the molecule is C=C/C(=C\C=C/C)S(=O)(=O)O.CC.CN. The first-order chi connectivity index (χ1) is 7.02. The molecule has 0 unspecified atom stereocenters. The second-order valence-corrected chi connectivity index (χ2v) is 3.20. The highest BCUT2D eigenvalue weighted by molar-refractivity contribution is 7.90. The summed E-state index contributed by atoms with van der Waals surface area (Å²) in [7, 11) is -2.60. The van der Waals surface area contributed by atoms with E-state index in [4.69, 9.17) is 4.55 Å². The molecule has 0 aromatic rings. The van der Waals surface area contributed by atoms with E-state index in [0.717, 1.165) is 6.08 Å². The molecule has 0 aliphatic heterocycles. The van der Waals surface area contributed by atoms with Gasteiger partial charge < -0.3 is 5.73 Å². The van der Waals surface area contributed by atoms with Crippen molar-refractivity contribution in [1.82, 2.24) is 0 Å². The minimum absolute atomic E-state index is 0.199. The van der Waals surface area contributed by atoms with Gasteiger partial charge in [-0.1, -0.05) is 32.6 Å². The van der Waals surface area contributed by atoms with Crippen molar-refractivity contribution in [3.05, 3.63) is 35.8 Å². The van der Waals surface area contributed by atoms with Crippen molar-refractivity contribution in [2.24, 2.45) is 5.73 Å². The number of hydrogen-bond donors (Lipinski definition) is 2. The maximum atomic E-state index is 10.5. The van der Waals surface area contributed by atoms with Crippen LogP contribution in [0.3, 0.4) is 0 Å². The summed E-state index contributed by atoms with van der Waals surface area (Å²) < 4.78 is 29.4. The zero-order valence-electron chi connectivity index (χ0n) is 9.77. The van der Waals surface area contributed by atoms with E-state index < -0.39 is 10.1 Å². The monoisotopic (exact) mass is 235 g/mol. The quantitative estimate of drug-likeness (QED) is 0.580. The highest BCUT2D eigenvalue weighted by Gasteiger charge is 2.07. The molecule has 0 aliphatic carbocycles. The van der Waals surface area contributed by atoms with Crippen molar-refractivity contribution in [3.8, 4) is 0 Å². The van der Waals surface area contributed by atoms with Crippen LogP contribution in [0.4, 0.5) is 0 Å². The van der Waals surface area contributed by atoms with E-state index in [1.54, 1.807) is 13.0 Å². The lowest BCUT2D eigenvalue weighted by atomic mass is 10.4. The van der Waals surface area contributed by atoms with Gasteiger partial charge in [-0.25, -0.2) is 0 Å². The van der Waals surface area contributed by atoms with Gasteiger partial charge in [0.05, 0.1) is 4.91 Å². The molecular weight excluding hydrogens is 214 g/mol. The Morgan fingerprint density at radius 1 is 1.33 bits per heavy atom. The average molecular weight is 235 g/mol. The van der Waals surface area contributed by atoms with Crippen molar-refractivity contribution in [2.45, 2.75) is 20.8 Å². The lowest BCUT2D eigenvalue weighted by molar-refractivity contribution is 0.492. The summed E-state index contributed by atoms with van der Waals surface area (Å²) in [4.78, 5) is -0.199. The first-order valence-corrected chi connectivity index (χ1v) is 5.97. The molecule has 0 bridgehead atoms. The molecule has 4 nitrogen and oxygen atoms in total. The molecule has 0 saturated carbocycles. The fraction of sp³-hybridized carbons (Fsp3) is 0.400. The van der Waals surface area contributed by atoms with E-state index in [1.807, 2.05) is 13.8 Å². The zero-order valence-corrected chi connectivity index (χ0v) is 10.6. The highest BCUT2D eigenvalue weighted by atomic mass is 32.2. The van der Waals surface area contributed by atoms with Crippen LogP contribution in [-0.2, 0) is 10.1 Å². The summed E-state index contributed by atoms with van der Waals surface area (Å²) in [5.74, 6) is 0. The molecule has 0 amide bonds. The minimum Gasteiger partial charge on any atom is -0.333 e. The van der Waals surface area contributed by atoms with Crippen LogP contribution >= 0.6 is 0 Å². The van der Waals surface area contributed by atoms with E-state index in [2.05, 4.69) is 12.3 Å². The molecule has 0 heterocycles. The summed E-state index contributed by atoms with van der Waals surface area (Å²) >= 11 is 0. The van der Waals surface area contributed by atoms with Crippen LogP contribution in [0.15, 0.2) is 35.8 Å². The second kappa shape index (κ2) is 13.1. The number of allylic oxidation sites excluding steroid dienone is 4. The standard InChI is InChI=1S/C7H10O3S.C2H6.CH5N/c1-3-5-6-7(4-2)11(8,9)10;2*1-2/h3-6H,2H2,1H3,(H,8,9,10);1-2H3;2H2,1H3/b5-3-,7-6+;;. The van der Waals surface area contributed by atoms with Crippen molar-refractivity contribution in [2.75, 3.05) is 7.05 Å². The van der Waals surface area contributed by atoms with Gasteiger partial charge in [0.1, 0.15) is 0 Å². The van der Waals surface area contributed by atoms with Gasteiger partial charge in [-0.2, -0.15) is 8.42 Å². The largest absolute Gasteiger partial charge is 0.333 e. The average Bonchev–Trinajstić information content (AvgIpc) is 2.23. The van der Waals surface area contributed by atoms with Gasteiger partial charge in [0, 0.05) is 0 Å². The molecule has 0 atom stereocenters.